The minimum atomic E-state index is -0.296. The molecule has 0 aliphatic carbocycles. The lowest BCUT2D eigenvalue weighted by atomic mass is 10.1. The highest BCUT2D eigenvalue weighted by Gasteiger charge is 2.11. The van der Waals surface area contributed by atoms with Crippen molar-refractivity contribution in [2.75, 3.05) is 11.9 Å². The maximum Gasteiger partial charge on any atom is 0.262 e. The van der Waals surface area contributed by atoms with Crippen LogP contribution in [-0.4, -0.2) is 18.4 Å². The lowest BCUT2D eigenvalue weighted by Gasteiger charge is -2.14. The summed E-state index contributed by atoms with van der Waals surface area (Å²) in [6.07, 6.45) is 0. The average molecular weight is 409 g/mol. The number of hydrogen-bond donors (Lipinski definition) is 2. The molecule has 0 saturated carbocycles. The van der Waals surface area contributed by atoms with Crippen LogP contribution < -0.4 is 15.4 Å². The first-order chi connectivity index (χ1) is 14.0. The van der Waals surface area contributed by atoms with Gasteiger partial charge in [0.05, 0.1) is 6.04 Å². The molecule has 6 heteroatoms. The Morgan fingerprint density at radius 1 is 0.931 bits per heavy atom. The Hall–Kier alpha value is -3.31. The Balaban J connectivity index is 1.50. The molecule has 0 saturated heterocycles. The van der Waals surface area contributed by atoms with Crippen molar-refractivity contribution in [1.29, 1.82) is 0 Å². The Morgan fingerprint density at radius 3 is 2.24 bits per heavy atom. The van der Waals surface area contributed by atoms with E-state index in [1.807, 2.05) is 37.3 Å². The number of nitrogens with one attached hydrogen (secondary N) is 2. The van der Waals surface area contributed by atoms with E-state index in [0.29, 0.717) is 22.0 Å². The molecule has 0 aromatic heterocycles. The van der Waals surface area contributed by atoms with E-state index in [9.17, 15) is 9.59 Å². The molecule has 2 N–H and O–H groups in total. The molecule has 2 amide bonds. The van der Waals surface area contributed by atoms with Crippen LogP contribution in [0.2, 0.25) is 5.02 Å². The maximum atomic E-state index is 12.4. The molecular weight excluding hydrogens is 388 g/mol. The van der Waals surface area contributed by atoms with E-state index in [2.05, 4.69) is 10.6 Å². The van der Waals surface area contributed by atoms with E-state index in [0.717, 1.165) is 5.56 Å². The van der Waals surface area contributed by atoms with Gasteiger partial charge in [-0.1, -0.05) is 41.9 Å². The highest BCUT2D eigenvalue weighted by molar-refractivity contribution is 6.30. The van der Waals surface area contributed by atoms with Crippen molar-refractivity contribution in [2.45, 2.75) is 13.0 Å². The monoisotopic (exact) mass is 408 g/mol. The summed E-state index contributed by atoms with van der Waals surface area (Å²) in [4.78, 5) is 24.4. The van der Waals surface area contributed by atoms with Crippen LogP contribution in [0.5, 0.6) is 5.75 Å². The van der Waals surface area contributed by atoms with Crippen LogP contribution in [0.4, 0.5) is 5.69 Å². The molecule has 0 aliphatic rings. The van der Waals surface area contributed by atoms with Crippen molar-refractivity contribution in [1.82, 2.24) is 5.32 Å². The van der Waals surface area contributed by atoms with E-state index in [1.54, 1.807) is 48.5 Å². The molecule has 0 heterocycles. The lowest BCUT2D eigenvalue weighted by molar-refractivity contribution is -0.118. The number of carbonyl (C=O) groups is 2. The summed E-state index contributed by atoms with van der Waals surface area (Å²) in [5.74, 6) is 0.0873. The van der Waals surface area contributed by atoms with Gasteiger partial charge in [-0.25, -0.2) is 0 Å². The largest absolute Gasteiger partial charge is 0.484 e. The Bertz CT molecular complexity index is 958. The zero-order valence-corrected chi connectivity index (χ0v) is 16.6. The minimum absolute atomic E-state index is 0.104. The van der Waals surface area contributed by atoms with Crippen molar-refractivity contribution >= 4 is 29.1 Å². The number of hydrogen-bond acceptors (Lipinski definition) is 3. The number of benzene rings is 3. The van der Waals surface area contributed by atoms with E-state index in [4.69, 9.17) is 16.3 Å². The molecule has 3 aromatic carbocycles. The van der Waals surface area contributed by atoms with Crippen molar-refractivity contribution < 1.29 is 14.3 Å². The van der Waals surface area contributed by atoms with Gasteiger partial charge < -0.3 is 15.4 Å². The van der Waals surface area contributed by atoms with Gasteiger partial charge in [0.1, 0.15) is 5.75 Å². The number of rotatable bonds is 7. The minimum Gasteiger partial charge on any atom is -0.484 e. The van der Waals surface area contributed by atoms with Crippen LogP contribution in [-0.2, 0) is 4.79 Å². The summed E-state index contributed by atoms with van der Waals surface area (Å²) >= 11 is 5.81. The molecule has 1 unspecified atom stereocenters. The van der Waals surface area contributed by atoms with Gasteiger partial charge in [-0.15, -0.1) is 0 Å². The molecule has 1 atom stereocenters. The van der Waals surface area contributed by atoms with Crippen LogP contribution >= 0.6 is 11.6 Å². The second-order valence-electron chi connectivity index (χ2n) is 6.47. The van der Waals surface area contributed by atoms with Crippen LogP contribution in [0.1, 0.15) is 28.9 Å². The van der Waals surface area contributed by atoms with Crippen molar-refractivity contribution in [2.24, 2.45) is 0 Å². The molecule has 0 spiro atoms. The van der Waals surface area contributed by atoms with Gasteiger partial charge in [-0.05, 0) is 61.0 Å². The predicted octanol–water partition coefficient (Wildman–Crippen LogP) is 4.85. The average Bonchev–Trinajstić information content (AvgIpc) is 2.74. The fourth-order valence-corrected chi connectivity index (χ4v) is 2.81. The van der Waals surface area contributed by atoms with E-state index < -0.39 is 0 Å². The Kier molecular flexibility index (Phi) is 6.87. The second kappa shape index (κ2) is 9.75. The highest BCUT2D eigenvalue weighted by Crippen LogP contribution is 2.16. The van der Waals surface area contributed by atoms with Crippen LogP contribution in [0.3, 0.4) is 0 Å². The quantitative estimate of drug-likeness (QED) is 0.587. The summed E-state index contributed by atoms with van der Waals surface area (Å²) in [6.45, 7) is 1.81. The fourth-order valence-electron chi connectivity index (χ4n) is 2.69. The van der Waals surface area contributed by atoms with E-state index in [1.165, 1.54) is 0 Å². The maximum absolute atomic E-state index is 12.4. The molecular formula is C23H21ClN2O3. The molecule has 0 bridgehead atoms. The molecule has 0 fully saturated rings. The number of halogens is 1. The standard InChI is InChI=1S/C23H21ClN2O3/c1-16(17-5-3-2-4-6-17)25-23(28)18-7-11-20(12-8-18)26-22(27)15-29-21-13-9-19(24)10-14-21/h2-14,16H,15H2,1H3,(H,25,28)(H,26,27). The smallest absolute Gasteiger partial charge is 0.262 e. The summed E-state index contributed by atoms with van der Waals surface area (Å²) in [5.41, 5.74) is 2.14. The normalized spacial score (nSPS) is 11.4. The topological polar surface area (TPSA) is 67.4 Å². The molecule has 0 aliphatic heterocycles. The molecule has 3 aromatic rings. The third-order valence-electron chi connectivity index (χ3n) is 4.26. The SMILES string of the molecule is CC(NC(=O)c1ccc(NC(=O)COc2ccc(Cl)cc2)cc1)c1ccccc1. The summed E-state index contributed by atoms with van der Waals surface area (Å²) in [6, 6.07) is 23.1. The van der Waals surface area contributed by atoms with Gasteiger partial charge in [0.2, 0.25) is 0 Å². The Labute approximate surface area is 174 Å². The van der Waals surface area contributed by atoms with Crippen LogP contribution in [0.15, 0.2) is 78.9 Å². The van der Waals surface area contributed by atoms with E-state index >= 15 is 0 Å². The van der Waals surface area contributed by atoms with Gasteiger partial charge in [-0.2, -0.15) is 0 Å². The van der Waals surface area contributed by atoms with Gasteiger partial charge in [0.25, 0.3) is 11.8 Å². The van der Waals surface area contributed by atoms with E-state index in [-0.39, 0.29) is 24.5 Å². The van der Waals surface area contributed by atoms with Gasteiger partial charge in [-0.3, -0.25) is 9.59 Å². The highest BCUT2D eigenvalue weighted by atomic mass is 35.5. The van der Waals surface area contributed by atoms with Crippen molar-refractivity contribution in [3.05, 3.63) is 95.0 Å². The molecule has 29 heavy (non-hydrogen) atoms. The number of carbonyl (C=O) groups excluding carboxylic acids is 2. The van der Waals surface area contributed by atoms with Crippen molar-refractivity contribution in [3.8, 4) is 5.75 Å². The number of amides is 2. The lowest BCUT2D eigenvalue weighted by Crippen LogP contribution is -2.26. The van der Waals surface area contributed by atoms with Gasteiger partial charge >= 0.3 is 0 Å². The summed E-state index contributed by atoms with van der Waals surface area (Å²) in [7, 11) is 0. The zero-order valence-electron chi connectivity index (χ0n) is 15.9. The number of anilines is 1. The third-order valence-corrected chi connectivity index (χ3v) is 4.51. The first kappa shape index (κ1) is 20.4. The Morgan fingerprint density at radius 2 is 1.59 bits per heavy atom. The van der Waals surface area contributed by atoms with Gasteiger partial charge in [0, 0.05) is 16.3 Å². The van der Waals surface area contributed by atoms with Gasteiger partial charge in [0.15, 0.2) is 6.61 Å². The van der Waals surface area contributed by atoms with Crippen molar-refractivity contribution in [3.63, 3.8) is 0 Å². The summed E-state index contributed by atoms with van der Waals surface area (Å²) in [5, 5.41) is 6.30. The predicted molar refractivity (Wildman–Crippen MR) is 114 cm³/mol. The number of ether oxygens (including phenoxy) is 1. The fraction of sp³-hybridized carbons (Fsp3) is 0.130. The molecule has 3 rings (SSSR count). The molecule has 5 nitrogen and oxygen atoms in total. The summed E-state index contributed by atoms with van der Waals surface area (Å²) < 4.78 is 5.41. The zero-order chi connectivity index (χ0) is 20.6. The first-order valence-corrected chi connectivity index (χ1v) is 9.53. The van der Waals surface area contributed by atoms with Crippen LogP contribution in [0.25, 0.3) is 0 Å². The van der Waals surface area contributed by atoms with Crippen LogP contribution in [0, 0.1) is 0 Å². The molecule has 148 valence electrons. The second-order valence-corrected chi connectivity index (χ2v) is 6.91. The molecule has 0 radical (unpaired) electrons. The first-order valence-electron chi connectivity index (χ1n) is 9.15. The third kappa shape index (κ3) is 6.09.